The molecule has 3 heteroatoms. The van der Waals surface area contributed by atoms with Gasteiger partial charge in [-0.1, -0.05) is 60.9 Å². The molecule has 1 heterocycles. The van der Waals surface area contributed by atoms with E-state index in [9.17, 15) is 4.79 Å². The van der Waals surface area contributed by atoms with Crippen LogP contribution in [-0.2, 0) is 0 Å². The average Bonchev–Trinajstić information content (AvgIpc) is 2.93. The predicted molar refractivity (Wildman–Crippen MR) is 107 cm³/mol. The molecule has 0 aromatic heterocycles. The summed E-state index contributed by atoms with van der Waals surface area (Å²) in [5.41, 5.74) is 4.35. The molecule has 1 aliphatic rings. The van der Waals surface area contributed by atoms with Gasteiger partial charge in [0.1, 0.15) is 0 Å². The summed E-state index contributed by atoms with van der Waals surface area (Å²) in [6.45, 7) is 6.97. The predicted octanol–water partition coefficient (Wildman–Crippen LogP) is 4.65. The Morgan fingerprint density at radius 3 is 2.27 bits per heavy atom. The van der Waals surface area contributed by atoms with Gasteiger partial charge in [-0.2, -0.15) is 0 Å². The number of aryl methyl sites for hydroxylation is 2. The molecule has 0 aliphatic carbocycles. The SMILES string of the molecule is Cc1ccc(C(CNC(=O)c2ccccc2C)N2CCCCCC2)cc1. The molecule has 1 fully saturated rings. The topological polar surface area (TPSA) is 32.3 Å². The summed E-state index contributed by atoms with van der Waals surface area (Å²) in [5, 5.41) is 3.19. The number of hydrogen-bond acceptors (Lipinski definition) is 2. The van der Waals surface area contributed by atoms with Crippen LogP contribution in [0.25, 0.3) is 0 Å². The van der Waals surface area contributed by atoms with Gasteiger partial charge >= 0.3 is 0 Å². The van der Waals surface area contributed by atoms with E-state index in [1.807, 2.05) is 31.2 Å². The van der Waals surface area contributed by atoms with E-state index < -0.39 is 0 Å². The third kappa shape index (κ3) is 4.73. The number of carbonyl (C=O) groups is 1. The molecule has 3 nitrogen and oxygen atoms in total. The highest BCUT2D eigenvalue weighted by Crippen LogP contribution is 2.24. The number of nitrogens with one attached hydrogen (secondary N) is 1. The maximum absolute atomic E-state index is 12.7. The monoisotopic (exact) mass is 350 g/mol. The lowest BCUT2D eigenvalue weighted by Gasteiger charge is -2.31. The van der Waals surface area contributed by atoms with Crippen molar-refractivity contribution in [1.29, 1.82) is 0 Å². The summed E-state index contributed by atoms with van der Waals surface area (Å²) in [6.07, 6.45) is 5.11. The van der Waals surface area contributed by atoms with Crippen LogP contribution in [0.1, 0.15) is 58.8 Å². The zero-order valence-electron chi connectivity index (χ0n) is 16.0. The fourth-order valence-electron chi connectivity index (χ4n) is 3.77. The summed E-state index contributed by atoms with van der Waals surface area (Å²) in [4.78, 5) is 15.2. The van der Waals surface area contributed by atoms with Crippen molar-refractivity contribution in [2.45, 2.75) is 45.6 Å². The van der Waals surface area contributed by atoms with Crippen molar-refractivity contribution >= 4 is 5.91 Å². The maximum Gasteiger partial charge on any atom is 0.251 e. The van der Waals surface area contributed by atoms with Crippen molar-refractivity contribution in [3.63, 3.8) is 0 Å². The van der Waals surface area contributed by atoms with Crippen LogP contribution < -0.4 is 5.32 Å². The molecule has 1 amide bonds. The Kier molecular flexibility index (Phi) is 6.45. The van der Waals surface area contributed by atoms with Crippen LogP contribution in [0.15, 0.2) is 48.5 Å². The van der Waals surface area contributed by atoms with Crippen LogP contribution in [0.3, 0.4) is 0 Å². The van der Waals surface area contributed by atoms with Crippen molar-refractivity contribution in [2.75, 3.05) is 19.6 Å². The minimum absolute atomic E-state index is 0.0232. The number of nitrogens with zero attached hydrogens (tertiary/aromatic N) is 1. The van der Waals surface area contributed by atoms with Crippen molar-refractivity contribution < 1.29 is 4.79 Å². The minimum atomic E-state index is 0.0232. The Balaban J connectivity index is 1.75. The van der Waals surface area contributed by atoms with E-state index in [1.54, 1.807) is 0 Å². The van der Waals surface area contributed by atoms with E-state index in [2.05, 4.69) is 41.4 Å². The molecule has 1 N–H and O–H groups in total. The zero-order chi connectivity index (χ0) is 18.4. The van der Waals surface area contributed by atoms with E-state index in [0.29, 0.717) is 6.54 Å². The second-order valence-corrected chi connectivity index (χ2v) is 7.40. The zero-order valence-corrected chi connectivity index (χ0v) is 16.0. The van der Waals surface area contributed by atoms with Crippen LogP contribution in [0.5, 0.6) is 0 Å². The van der Waals surface area contributed by atoms with Gasteiger partial charge in [-0.25, -0.2) is 0 Å². The molecular formula is C23H30N2O. The van der Waals surface area contributed by atoms with Gasteiger partial charge in [0.2, 0.25) is 0 Å². The molecule has 1 saturated heterocycles. The van der Waals surface area contributed by atoms with Gasteiger partial charge in [-0.3, -0.25) is 9.69 Å². The van der Waals surface area contributed by atoms with Crippen LogP contribution in [-0.4, -0.2) is 30.4 Å². The average molecular weight is 351 g/mol. The smallest absolute Gasteiger partial charge is 0.251 e. The fraction of sp³-hybridized carbons (Fsp3) is 0.435. The second-order valence-electron chi connectivity index (χ2n) is 7.40. The molecule has 138 valence electrons. The summed E-state index contributed by atoms with van der Waals surface area (Å²) in [6, 6.07) is 16.8. The van der Waals surface area contributed by atoms with Crippen LogP contribution >= 0.6 is 0 Å². The van der Waals surface area contributed by atoms with Crippen LogP contribution in [0.2, 0.25) is 0 Å². The number of carbonyl (C=O) groups excluding carboxylic acids is 1. The highest BCUT2D eigenvalue weighted by molar-refractivity contribution is 5.95. The van der Waals surface area contributed by atoms with E-state index in [0.717, 1.165) is 24.2 Å². The molecule has 1 atom stereocenters. The number of hydrogen-bond donors (Lipinski definition) is 1. The number of likely N-dealkylation sites (tertiary alicyclic amines) is 1. The van der Waals surface area contributed by atoms with Gasteiger partial charge < -0.3 is 5.32 Å². The van der Waals surface area contributed by atoms with Gasteiger partial charge in [0.15, 0.2) is 0 Å². The maximum atomic E-state index is 12.7. The molecule has 0 bridgehead atoms. The molecule has 2 aromatic rings. The Labute approximate surface area is 157 Å². The molecule has 0 spiro atoms. The lowest BCUT2D eigenvalue weighted by atomic mass is 10.0. The standard InChI is InChI=1S/C23H30N2O/c1-18-11-13-20(14-12-18)22(25-15-7-3-4-8-16-25)17-24-23(26)21-10-6-5-9-19(21)2/h5-6,9-14,22H,3-4,7-8,15-17H2,1-2H3,(H,24,26). The van der Waals surface area contributed by atoms with E-state index in [1.165, 1.54) is 36.8 Å². The lowest BCUT2D eigenvalue weighted by molar-refractivity contribution is 0.0932. The minimum Gasteiger partial charge on any atom is -0.350 e. The summed E-state index contributed by atoms with van der Waals surface area (Å²) < 4.78 is 0. The Bertz CT molecular complexity index is 715. The number of amides is 1. The Morgan fingerprint density at radius 2 is 1.62 bits per heavy atom. The third-order valence-corrected chi connectivity index (χ3v) is 5.39. The molecule has 26 heavy (non-hydrogen) atoms. The van der Waals surface area contributed by atoms with Crippen molar-refractivity contribution in [2.24, 2.45) is 0 Å². The molecule has 1 unspecified atom stereocenters. The first-order chi connectivity index (χ1) is 12.6. The quantitative estimate of drug-likeness (QED) is 0.851. The first kappa shape index (κ1) is 18.7. The van der Waals surface area contributed by atoms with E-state index in [4.69, 9.17) is 0 Å². The highest BCUT2D eigenvalue weighted by Gasteiger charge is 2.22. The molecule has 0 saturated carbocycles. The normalized spacial score (nSPS) is 16.7. The fourth-order valence-corrected chi connectivity index (χ4v) is 3.77. The van der Waals surface area contributed by atoms with E-state index in [-0.39, 0.29) is 11.9 Å². The first-order valence-corrected chi connectivity index (χ1v) is 9.79. The van der Waals surface area contributed by atoms with Crippen molar-refractivity contribution in [3.05, 3.63) is 70.8 Å². The first-order valence-electron chi connectivity index (χ1n) is 9.79. The van der Waals surface area contributed by atoms with Crippen molar-refractivity contribution in [1.82, 2.24) is 10.2 Å². The van der Waals surface area contributed by atoms with Gasteiger partial charge in [-0.15, -0.1) is 0 Å². The van der Waals surface area contributed by atoms with Gasteiger partial charge in [0.05, 0.1) is 6.04 Å². The summed E-state index contributed by atoms with van der Waals surface area (Å²) in [7, 11) is 0. The number of rotatable bonds is 5. The molecule has 1 aliphatic heterocycles. The van der Waals surface area contributed by atoms with Crippen LogP contribution in [0.4, 0.5) is 0 Å². The van der Waals surface area contributed by atoms with Gasteiger partial charge in [0, 0.05) is 12.1 Å². The molecule has 0 radical (unpaired) electrons. The van der Waals surface area contributed by atoms with Gasteiger partial charge in [-0.05, 0) is 57.0 Å². The second kappa shape index (κ2) is 9.00. The largest absolute Gasteiger partial charge is 0.350 e. The molecular weight excluding hydrogens is 320 g/mol. The lowest BCUT2D eigenvalue weighted by Crippen LogP contribution is -2.38. The van der Waals surface area contributed by atoms with E-state index >= 15 is 0 Å². The summed E-state index contributed by atoms with van der Waals surface area (Å²) >= 11 is 0. The number of benzene rings is 2. The van der Waals surface area contributed by atoms with Gasteiger partial charge in [0.25, 0.3) is 5.91 Å². The third-order valence-electron chi connectivity index (χ3n) is 5.39. The Hall–Kier alpha value is -2.13. The van der Waals surface area contributed by atoms with Crippen LogP contribution in [0, 0.1) is 13.8 Å². The summed E-state index contributed by atoms with van der Waals surface area (Å²) in [5.74, 6) is 0.0232. The van der Waals surface area contributed by atoms with Crippen molar-refractivity contribution in [3.8, 4) is 0 Å². The molecule has 2 aromatic carbocycles. The highest BCUT2D eigenvalue weighted by atomic mass is 16.1. The Morgan fingerprint density at radius 1 is 0.962 bits per heavy atom. The molecule has 3 rings (SSSR count).